The molecule has 2 atom stereocenters. The minimum atomic E-state index is -0.671. The second kappa shape index (κ2) is 8.16. The Labute approximate surface area is 149 Å². The summed E-state index contributed by atoms with van der Waals surface area (Å²) >= 11 is 1.12. The normalized spacial score (nSPS) is 17.8. The number of hydrogen-bond donors (Lipinski definition) is 1. The molecule has 2 aromatic rings. The molecule has 1 aliphatic rings. The Morgan fingerprint density at radius 2 is 1.92 bits per heavy atom. The first-order valence-corrected chi connectivity index (χ1v) is 8.93. The summed E-state index contributed by atoms with van der Waals surface area (Å²) in [6.07, 6.45) is 1.11. The third-order valence-corrected chi connectivity index (χ3v) is 5.19. The Morgan fingerprint density at radius 3 is 2.60 bits per heavy atom. The number of amides is 1. The van der Waals surface area contributed by atoms with Gasteiger partial charge in [0, 0.05) is 11.3 Å². The van der Waals surface area contributed by atoms with Gasteiger partial charge in [-0.1, -0.05) is 42.5 Å². The molecule has 1 N–H and O–H groups in total. The van der Waals surface area contributed by atoms with Crippen LogP contribution < -0.4 is 5.32 Å². The van der Waals surface area contributed by atoms with E-state index in [1.54, 1.807) is 18.2 Å². The van der Waals surface area contributed by atoms with Crippen molar-refractivity contribution >= 4 is 23.6 Å². The van der Waals surface area contributed by atoms with Gasteiger partial charge in [-0.2, -0.15) is 0 Å². The van der Waals surface area contributed by atoms with Gasteiger partial charge in [-0.25, -0.2) is 4.39 Å². The van der Waals surface area contributed by atoms with Crippen LogP contribution in [0.25, 0.3) is 0 Å². The quantitative estimate of drug-likeness (QED) is 0.634. The van der Waals surface area contributed by atoms with Crippen LogP contribution >= 0.6 is 11.8 Å². The molecule has 0 aromatic heterocycles. The van der Waals surface area contributed by atoms with Crippen LogP contribution in [0.2, 0.25) is 0 Å². The summed E-state index contributed by atoms with van der Waals surface area (Å²) in [6.45, 7) is 0.131. The van der Waals surface area contributed by atoms with Crippen molar-refractivity contribution < 1.29 is 18.7 Å². The number of carbonyl (C=O) groups is 2. The van der Waals surface area contributed by atoms with Gasteiger partial charge in [0.05, 0.1) is 6.04 Å². The number of hydrogen-bond acceptors (Lipinski definition) is 4. The zero-order valence-corrected chi connectivity index (χ0v) is 14.3. The summed E-state index contributed by atoms with van der Waals surface area (Å²) in [5, 5.41) is 2.09. The highest BCUT2D eigenvalue weighted by molar-refractivity contribution is 8.00. The van der Waals surface area contributed by atoms with Crippen molar-refractivity contribution in [2.24, 2.45) is 0 Å². The molecule has 0 aliphatic carbocycles. The molecule has 4 nitrogen and oxygen atoms in total. The largest absolute Gasteiger partial charge is 0.462 e. The smallest absolute Gasteiger partial charge is 0.324 e. The summed E-state index contributed by atoms with van der Waals surface area (Å²) < 4.78 is 19.4. The van der Waals surface area contributed by atoms with E-state index in [1.807, 2.05) is 30.3 Å². The topological polar surface area (TPSA) is 55.4 Å². The van der Waals surface area contributed by atoms with Crippen LogP contribution in [0.4, 0.5) is 4.39 Å². The summed E-state index contributed by atoms with van der Waals surface area (Å²) in [6, 6.07) is 15.3. The van der Waals surface area contributed by atoms with E-state index >= 15 is 0 Å². The maximum atomic E-state index is 14.0. The lowest BCUT2D eigenvalue weighted by atomic mass is 10.1. The average molecular weight is 359 g/mol. The number of nitrogens with one attached hydrogen (secondary N) is 1. The molecule has 3 rings (SSSR count). The molecule has 1 amide bonds. The lowest BCUT2D eigenvalue weighted by molar-refractivity contribution is -0.144. The number of rotatable bonds is 6. The van der Waals surface area contributed by atoms with Crippen molar-refractivity contribution in [2.45, 2.75) is 29.0 Å². The number of thioether (sulfide) groups is 1. The maximum Gasteiger partial charge on any atom is 0.324 e. The summed E-state index contributed by atoms with van der Waals surface area (Å²) in [4.78, 5) is 24.2. The van der Waals surface area contributed by atoms with E-state index in [9.17, 15) is 14.0 Å². The van der Waals surface area contributed by atoms with Crippen LogP contribution in [0.15, 0.2) is 59.5 Å². The van der Waals surface area contributed by atoms with Gasteiger partial charge in [-0.05, 0) is 24.1 Å². The molecule has 0 radical (unpaired) electrons. The van der Waals surface area contributed by atoms with Crippen LogP contribution in [-0.2, 0) is 14.3 Å². The predicted octanol–water partition coefficient (Wildman–Crippen LogP) is 3.48. The Bertz CT molecular complexity index is 753. The fourth-order valence-electron chi connectivity index (χ4n) is 2.61. The van der Waals surface area contributed by atoms with Crippen molar-refractivity contribution in [1.29, 1.82) is 0 Å². The van der Waals surface area contributed by atoms with E-state index in [1.165, 1.54) is 6.07 Å². The van der Waals surface area contributed by atoms with Crippen molar-refractivity contribution in [3.63, 3.8) is 0 Å². The van der Waals surface area contributed by atoms with E-state index < -0.39 is 11.2 Å². The van der Waals surface area contributed by atoms with E-state index in [-0.39, 0.29) is 24.4 Å². The van der Waals surface area contributed by atoms with E-state index in [4.69, 9.17) is 4.74 Å². The van der Waals surface area contributed by atoms with Gasteiger partial charge in [0.2, 0.25) is 5.91 Å². The van der Waals surface area contributed by atoms with Gasteiger partial charge < -0.3 is 10.1 Å². The minimum absolute atomic E-state index is 0.0265. The molecule has 1 heterocycles. The third kappa shape index (κ3) is 4.60. The molecule has 0 saturated carbocycles. The lowest BCUT2D eigenvalue weighted by Gasteiger charge is -2.18. The molecule has 0 unspecified atom stereocenters. The number of halogens is 1. The second-order valence-electron chi connectivity index (χ2n) is 5.77. The summed E-state index contributed by atoms with van der Waals surface area (Å²) in [7, 11) is 0. The molecular weight excluding hydrogens is 341 g/mol. The molecule has 1 fully saturated rings. The highest BCUT2D eigenvalue weighted by atomic mass is 32.2. The highest BCUT2D eigenvalue weighted by Crippen LogP contribution is 2.37. The average Bonchev–Trinajstić information content (AvgIpc) is 3.05. The van der Waals surface area contributed by atoms with E-state index in [2.05, 4.69) is 5.32 Å². The summed E-state index contributed by atoms with van der Waals surface area (Å²) in [5.74, 6) is -0.841. The Hall–Kier alpha value is -2.34. The van der Waals surface area contributed by atoms with Crippen LogP contribution in [0.5, 0.6) is 0 Å². The van der Waals surface area contributed by atoms with Crippen LogP contribution in [-0.4, -0.2) is 24.5 Å². The Kier molecular flexibility index (Phi) is 5.71. The Morgan fingerprint density at radius 1 is 1.20 bits per heavy atom. The van der Waals surface area contributed by atoms with E-state index in [0.29, 0.717) is 17.7 Å². The molecule has 25 heavy (non-hydrogen) atoms. The number of ether oxygens (including phenoxy) is 1. The van der Waals surface area contributed by atoms with Gasteiger partial charge in [0.1, 0.15) is 17.7 Å². The molecule has 0 spiro atoms. The molecule has 2 aromatic carbocycles. The molecule has 6 heteroatoms. The molecule has 130 valence electrons. The fraction of sp³-hybridized carbons (Fsp3) is 0.263. The fourth-order valence-corrected chi connectivity index (χ4v) is 3.66. The van der Waals surface area contributed by atoms with Crippen molar-refractivity contribution in [3.8, 4) is 0 Å². The second-order valence-corrected chi connectivity index (χ2v) is 6.92. The Balaban J connectivity index is 1.73. The third-order valence-electron chi connectivity index (χ3n) is 3.91. The molecule has 1 aliphatic heterocycles. The van der Waals surface area contributed by atoms with Crippen LogP contribution in [0.1, 0.15) is 23.7 Å². The number of esters is 1. The predicted molar refractivity (Wildman–Crippen MR) is 93.6 cm³/mol. The van der Waals surface area contributed by atoms with Gasteiger partial charge in [-0.3, -0.25) is 9.59 Å². The molecule has 1 saturated heterocycles. The first-order valence-electron chi connectivity index (χ1n) is 8.05. The van der Waals surface area contributed by atoms with Crippen LogP contribution in [0.3, 0.4) is 0 Å². The standard InChI is InChI=1S/C19H18FNO3S/c20-15-8-4-5-9-16(15)25-18(13-6-2-1-3-7-13)19(23)24-12-14-10-11-17(22)21-14/h1-9,14,18H,10-12H2,(H,21,22)/t14-,18+/m1/s1. The van der Waals surface area contributed by atoms with Crippen molar-refractivity contribution in [1.82, 2.24) is 5.32 Å². The van der Waals surface area contributed by atoms with Gasteiger partial charge in [0.25, 0.3) is 0 Å². The minimum Gasteiger partial charge on any atom is -0.462 e. The molecule has 0 bridgehead atoms. The van der Waals surface area contributed by atoms with Gasteiger partial charge >= 0.3 is 5.97 Å². The summed E-state index contributed by atoms with van der Waals surface area (Å²) in [5.41, 5.74) is 0.746. The lowest BCUT2D eigenvalue weighted by Crippen LogP contribution is -2.31. The zero-order chi connectivity index (χ0) is 17.6. The van der Waals surface area contributed by atoms with E-state index in [0.717, 1.165) is 17.3 Å². The number of benzene rings is 2. The van der Waals surface area contributed by atoms with Crippen molar-refractivity contribution in [2.75, 3.05) is 6.61 Å². The first kappa shape index (κ1) is 17.5. The highest BCUT2D eigenvalue weighted by Gasteiger charge is 2.27. The zero-order valence-electron chi connectivity index (χ0n) is 13.5. The number of carbonyl (C=O) groups excluding carboxylic acids is 2. The van der Waals surface area contributed by atoms with Crippen LogP contribution in [0, 0.1) is 5.82 Å². The SMILES string of the molecule is O=C1CC[C@H](COC(=O)[C@@H](Sc2ccccc2F)c2ccccc2)N1. The van der Waals surface area contributed by atoms with Crippen molar-refractivity contribution in [3.05, 3.63) is 66.0 Å². The van der Waals surface area contributed by atoms with Gasteiger partial charge in [-0.15, -0.1) is 11.8 Å². The maximum absolute atomic E-state index is 14.0. The first-order chi connectivity index (χ1) is 12.1. The molecular formula is C19H18FNO3S. The van der Waals surface area contributed by atoms with Gasteiger partial charge in [0.15, 0.2) is 0 Å². The monoisotopic (exact) mass is 359 g/mol.